The molecular weight excluding hydrogens is 257 g/mol. The van der Waals surface area contributed by atoms with Crippen molar-refractivity contribution in [3.63, 3.8) is 0 Å². The van der Waals surface area contributed by atoms with E-state index in [2.05, 4.69) is 10.1 Å². The van der Waals surface area contributed by atoms with Gasteiger partial charge in [-0.15, -0.1) is 0 Å². The Kier molecular flexibility index (Phi) is 5.83. The smallest absolute Gasteiger partial charge is 0.392 e. The Labute approximate surface area is 103 Å². The van der Waals surface area contributed by atoms with Crippen LogP contribution < -0.4 is 11.1 Å². The van der Waals surface area contributed by atoms with E-state index in [-0.39, 0.29) is 18.1 Å². The summed E-state index contributed by atoms with van der Waals surface area (Å²) in [5.41, 5.74) is 4.32. The second-order valence-electron chi connectivity index (χ2n) is 3.91. The second-order valence-corrected chi connectivity index (χ2v) is 4.35. The van der Waals surface area contributed by atoms with Crippen LogP contribution in [0.4, 0.5) is 13.2 Å². The van der Waals surface area contributed by atoms with E-state index in [1.165, 1.54) is 13.8 Å². The number of nitrogens with one attached hydrogen (secondary N) is 1. The largest absolute Gasteiger partial charge is 0.411 e. The molecule has 0 rings (SSSR count). The van der Waals surface area contributed by atoms with Crippen LogP contribution in [-0.2, 0) is 9.53 Å². The Morgan fingerprint density at radius 2 is 1.94 bits per heavy atom. The number of ether oxygens (including phenoxy) is 1. The maximum Gasteiger partial charge on any atom is 0.411 e. The first-order valence-corrected chi connectivity index (χ1v) is 5.21. The topological polar surface area (TPSA) is 64.3 Å². The number of carbonyl (C=O) groups excluding carboxylic acids is 1. The molecule has 8 heteroatoms. The molecule has 100 valence electrons. The first kappa shape index (κ1) is 16.1. The Balaban J connectivity index is 3.84. The van der Waals surface area contributed by atoms with Crippen LogP contribution in [0.15, 0.2) is 0 Å². The second kappa shape index (κ2) is 6.15. The number of halogens is 3. The number of hydrogen-bond donors (Lipinski definition) is 2. The number of alkyl halides is 3. The average Bonchev–Trinajstić information content (AvgIpc) is 2.14. The zero-order chi connectivity index (χ0) is 13.7. The lowest BCUT2D eigenvalue weighted by molar-refractivity contribution is -0.173. The van der Waals surface area contributed by atoms with Gasteiger partial charge in [-0.1, -0.05) is 12.2 Å². The van der Waals surface area contributed by atoms with Gasteiger partial charge in [-0.2, -0.15) is 13.2 Å². The molecule has 4 nitrogen and oxygen atoms in total. The quantitative estimate of drug-likeness (QED) is 0.559. The summed E-state index contributed by atoms with van der Waals surface area (Å²) in [4.78, 5) is 11.5. The monoisotopic (exact) mass is 272 g/mol. The molecule has 0 bridgehead atoms. The molecule has 0 aliphatic carbocycles. The predicted molar refractivity (Wildman–Crippen MR) is 60.5 cm³/mol. The molecule has 0 radical (unpaired) electrons. The van der Waals surface area contributed by atoms with Gasteiger partial charge in [-0.05, 0) is 13.8 Å². The van der Waals surface area contributed by atoms with Gasteiger partial charge in [-0.3, -0.25) is 4.79 Å². The van der Waals surface area contributed by atoms with Crippen molar-refractivity contribution in [3.8, 4) is 0 Å². The van der Waals surface area contributed by atoms with E-state index in [4.69, 9.17) is 18.0 Å². The fraction of sp³-hybridized carbons (Fsp3) is 0.778. The van der Waals surface area contributed by atoms with Crippen molar-refractivity contribution in [2.45, 2.75) is 20.0 Å². The van der Waals surface area contributed by atoms with Gasteiger partial charge >= 0.3 is 6.18 Å². The molecule has 0 spiro atoms. The lowest BCUT2D eigenvalue weighted by Gasteiger charge is -2.21. The number of nitrogens with two attached hydrogens (primary N) is 1. The van der Waals surface area contributed by atoms with Crippen LogP contribution in [-0.4, -0.2) is 36.8 Å². The zero-order valence-corrected chi connectivity index (χ0v) is 10.4. The molecular formula is C9H15F3N2O2S. The minimum atomic E-state index is -4.36. The minimum absolute atomic E-state index is 0.0196. The van der Waals surface area contributed by atoms with Gasteiger partial charge in [0.05, 0.1) is 17.0 Å². The third-order valence-electron chi connectivity index (χ3n) is 1.98. The molecule has 0 aliphatic heterocycles. The third-order valence-corrected chi connectivity index (χ3v) is 2.49. The summed E-state index contributed by atoms with van der Waals surface area (Å²) in [6.07, 6.45) is -4.36. The van der Waals surface area contributed by atoms with E-state index in [0.717, 1.165) is 0 Å². The molecule has 0 aromatic heterocycles. The Hall–Kier alpha value is -0.890. The van der Waals surface area contributed by atoms with Gasteiger partial charge in [0.15, 0.2) is 0 Å². The number of carbonyl (C=O) groups is 1. The van der Waals surface area contributed by atoms with Crippen LogP contribution in [0.3, 0.4) is 0 Å². The van der Waals surface area contributed by atoms with Crippen molar-refractivity contribution in [1.29, 1.82) is 0 Å². The maximum absolute atomic E-state index is 11.7. The minimum Gasteiger partial charge on any atom is -0.392 e. The summed E-state index contributed by atoms with van der Waals surface area (Å²) >= 11 is 4.70. The highest BCUT2D eigenvalue weighted by Crippen LogP contribution is 2.15. The van der Waals surface area contributed by atoms with Gasteiger partial charge in [0.1, 0.15) is 6.61 Å². The summed E-state index contributed by atoms with van der Waals surface area (Å²) in [5.74, 6) is -0.444. The summed E-state index contributed by atoms with van der Waals surface area (Å²) in [7, 11) is 0. The third kappa shape index (κ3) is 6.42. The van der Waals surface area contributed by atoms with Crippen LogP contribution in [0.2, 0.25) is 0 Å². The van der Waals surface area contributed by atoms with Crippen molar-refractivity contribution in [2.75, 3.05) is 19.8 Å². The van der Waals surface area contributed by atoms with Crippen molar-refractivity contribution in [2.24, 2.45) is 11.1 Å². The molecule has 0 fully saturated rings. The van der Waals surface area contributed by atoms with Crippen LogP contribution in [0.5, 0.6) is 0 Å². The Morgan fingerprint density at radius 3 is 2.35 bits per heavy atom. The van der Waals surface area contributed by atoms with Crippen LogP contribution >= 0.6 is 12.2 Å². The normalized spacial score (nSPS) is 12.3. The van der Waals surface area contributed by atoms with E-state index in [9.17, 15) is 18.0 Å². The number of amides is 1. The lowest BCUT2D eigenvalue weighted by Crippen LogP contribution is -2.45. The predicted octanol–water partition coefficient (Wildman–Crippen LogP) is 0.994. The Morgan fingerprint density at radius 1 is 1.41 bits per heavy atom. The van der Waals surface area contributed by atoms with Crippen LogP contribution in [0.25, 0.3) is 0 Å². The lowest BCUT2D eigenvalue weighted by atomic mass is 9.92. The van der Waals surface area contributed by atoms with E-state index in [0.29, 0.717) is 0 Å². The molecule has 1 amide bonds. The highest BCUT2D eigenvalue weighted by atomic mass is 32.1. The molecule has 0 heterocycles. The van der Waals surface area contributed by atoms with E-state index in [1.807, 2.05) is 0 Å². The van der Waals surface area contributed by atoms with Gasteiger partial charge in [-0.25, -0.2) is 0 Å². The zero-order valence-electron chi connectivity index (χ0n) is 9.56. The van der Waals surface area contributed by atoms with Gasteiger partial charge in [0.2, 0.25) is 5.91 Å². The number of rotatable bonds is 6. The van der Waals surface area contributed by atoms with Gasteiger partial charge in [0, 0.05) is 6.54 Å². The highest BCUT2D eigenvalue weighted by Gasteiger charge is 2.30. The molecule has 0 aromatic rings. The van der Waals surface area contributed by atoms with Crippen molar-refractivity contribution >= 4 is 23.1 Å². The molecule has 0 saturated heterocycles. The van der Waals surface area contributed by atoms with Crippen molar-refractivity contribution in [1.82, 2.24) is 5.32 Å². The summed E-state index contributed by atoms with van der Waals surface area (Å²) in [5, 5.41) is 2.39. The molecule has 0 aliphatic rings. The molecule has 0 aromatic carbocycles. The van der Waals surface area contributed by atoms with Crippen LogP contribution in [0, 0.1) is 5.41 Å². The Bertz CT molecular complexity index is 292. The fourth-order valence-corrected chi connectivity index (χ4v) is 0.850. The first-order valence-electron chi connectivity index (χ1n) is 4.80. The molecule has 0 unspecified atom stereocenters. The molecule has 17 heavy (non-hydrogen) atoms. The van der Waals surface area contributed by atoms with E-state index >= 15 is 0 Å². The summed E-state index contributed by atoms with van der Waals surface area (Å²) in [6.45, 7) is 1.48. The maximum atomic E-state index is 11.7. The van der Waals surface area contributed by atoms with Crippen molar-refractivity contribution in [3.05, 3.63) is 0 Å². The highest BCUT2D eigenvalue weighted by molar-refractivity contribution is 7.80. The standard InChI is InChI=1S/C9H15F3N2O2S/c1-8(2,6(13)17)7(15)14-3-4-16-5-9(10,11)12/h3-5H2,1-2H3,(H2,13,17)(H,14,15). The summed E-state index contributed by atoms with van der Waals surface area (Å²) in [6, 6.07) is 0. The van der Waals surface area contributed by atoms with Crippen LogP contribution in [0.1, 0.15) is 13.8 Å². The number of hydrogen-bond acceptors (Lipinski definition) is 3. The fourth-order valence-electron chi connectivity index (χ4n) is 0.757. The summed E-state index contributed by atoms with van der Waals surface area (Å²) < 4.78 is 39.4. The number of thiocarbonyl (C=S) groups is 1. The van der Waals surface area contributed by atoms with E-state index in [1.54, 1.807) is 0 Å². The SMILES string of the molecule is CC(C)(C(=O)NCCOCC(F)(F)F)C(N)=S. The first-order chi connectivity index (χ1) is 7.57. The van der Waals surface area contributed by atoms with E-state index < -0.39 is 24.1 Å². The molecule has 0 saturated carbocycles. The van der Waals surface area contributed by atoms with Gasteiger partial charge < -0.3 is 15.8 Å². The molecule has 3 N–H and O–H groups in total. The van der Waals surface area contributed by atoms with Gasteiger partial charge in [0.25, 0.3) is 0 Å². The van der Waals surface area contributed by atoms with Crippen molar-refractivity contribution < 1.29 is 22.7 Å². The average molecular weight is 272 g/mol. The molecule has 0 atom stereocenters.